The van der Waals surface area contributed by atoms with Crippen LogP contribution < -0.4 is 0 Å². The predicted octanol–water partition coefficient (Wildman–Crippen LogP) is 9.22. The molecule has 1 heterocycles. The second kappa shape index (κ2) is 27.4. The Bertz CT molecular complexity index is 2380. The average Bonchev–Trinajstić information content (AvgIpc) is 3.70. The SMILES string of the molecule is CC(=O)CCC(=O)OC1C(COCc2ccccc2)OC(OCC(OCc2ccccc2)C(OCc2ccccc2)C(COCc2ccc3c(c2)CCC=C3)OCc2ccccc2)C1OC(=O)N(C)C. The minimum absolute atomic E-state index is 0.0173. The zero-order valence-corrected chi connectivity index (χ0v) is 40.3. The molecule has 0 spiro atoms. The fourth-order valence-electron chi connectivity index (χ4n) is 8.12. The van der Waals surface area contributed by atoms with Gasteiger partial charge in [-0.2, -0.15) is 0 Å². The predicted molar refractivity (Wildman–Crippen MR) is 263 cm³/mol. The van der Waals surface area contributed by atoms with Crippen LogP contribution in [0.5, 0.6) is 0 Å². The number of fused-ring (bicyclic) bond motifs is 1. The summed E-state index contributed by atoms with van der Waals surface area (Å²) in [7, 11) is 3.09. The maximum absolute atomic E-state index is 13.4. The Balaban J connectivity index is 1.19. The smallest absolute Gasteiger partial charge is 0.409 e. The van der Waals surface area contributed by atoms with E-state index >= 15 is 0 Å². The van der Waals surface area contributed by atoms with Crippen molar-refractivity contribution in [3.63, 3.8) is 0 Å². The third kappa shape index (κ3) is 16.3. The molecule has 7 rings (SSSR count). The van der Waals surface area contributed by atoms with Crippen LogP contribution >= 0.6 is 0 Å². The van der Waals surface area contributed by atoms with Crippen LogP contribution in [-0.4, -0.2) is 99.6 Å². The largest absolute Gasteiger partial charge is 0.455 e. The van der Waals surface area contributed by atoms with Crippen LogP contribution in [0.2, 0.25) is 0 Å². The van der Waals surface area contributed by atoms with E-state index in [1.807, 2.05) is 121 Å². The fourth-order valence-corrected chi connectivity index (χ4v) is 8.12. The van der Waals surface area contributed by atoms with Gasteiger partial charge < -0.3 is 52.3 Å². The van der Waals surface area contributed by atoms with Crippen molar-refractivity contribution in [1.29, 1.82) is 0 Å². The molecule has 1 aliphatic heterocycles. The highest BCUT2D eigenvalue weighted by Crippen LogP contribution is 2.31. The fraction of sp³-hybridized carbons (Fsp3) is 0.386. The Morgan fingerprint density at radius 2 is 1.17 bits per heavy atom. The minimum atomic E-state index is -1.27. The van der Waals surface area contributed by atoms with Gasteiger partial charge >= 0.3 is 12.1 Å². The molecule has 0 N–H and O–H groups in total. The van der Waals surface area contributed by atoms with Crippen LogP contribution in [0.25, 0.3) is 6.08 Å². The third-order valence-electron chi connectivity index (χ3n) is 11.9. The molecule has 5 aromatic carbocycles. The van der Waals surface area contributed by atoms with E-state index in [2.05, 4.69) is 30.4 Å². The molecule has 13 heteroatoms. The van der Waals surface area contributed by atoms with Gasteiger partial charge in [0.05, 0.1) is 59.3 Å². The van der Waals surface area contributed by atoms with E-state index in [1.165, 1.54) is 23.0 Å². The van der Waals surface area contributed by atoms with Crippen LogP contribution in [0.1, 0.15) is 65.1 Å². The molecular weight excluding hydrogens is 891 g/mol. The molecule has 1 amide bonds. The summed E-state index contributed by atoms with van der Waals surface area (Å²) in [6.45, 7) is 2.58. The lowest BCUT2D eigenvalue weighted by Crippen LogP contribution is -2.48. The van der Waals surface area contributed by atoms with Gasteiger partial charge in [0.2, 0.25) is 0 Å². The van der Waals surface area contributed by atoms with Crippen molar-refractivity contribution >= 4 is 23.9 Å². The summed E-state index contributed by atoms with van der Waals surface area (Å²) in [5.41, 5.74) is 7.30. The number of nitrogens with zero attached hydrogens (tertiary/aromatic N) is 1. The van der Waals surface area contributed by atoms with Crippen molar-refractivity contribution in [3.8, 4) is 0 Å². The Morgan fingerprint density at radius 1 is 0.614 bits per heavy atom. The monoisotopic (exact) mass is 955 g/mol. The summed E-state index contributed by atoms with van der Waals surface area (Å²) in [4.78, 5) is 39.8. The summed E-state index contributed by atoms with van der Waals surface area (Å²) >= 11 is 0. The molecule has 370 valence electrons. The van der Waals surface area contributed by atoms with Crippen molar-refractivity contribution in [2.45, 2.75) is 109 Å². The van der Waals surface area contributed by atoms with Crippen molar-refractivity contribution in [2.24, 2.45) is 0 Å². The van der Waals surface area contributed by atoms with Crippen LogP contribution in [0.3, 0.4) is 0 Å². The zero-order valence-electron chi connectivity index (χ0n) is 40.3. The van der Waals surface area contributed by atoms with Crippen LogP contribution in [-0.2, 0) is 91.7 Å². The van der Waals surface area contributed by atoms with E-state index in [0.717, 1.165) is 40.7 Å². The lowest BCUT2D eigenvalue weighted by Gasteiger charge is -2.34. The number of carbonyl (C=O) groups is 3. The molecule has 0 radical (unpaired) electrons. The highest BCUT2D eigenvalue weighted by molar-refractivity contribution is 5.81. The van der Waals surface area contributed by atoms with Crippen molar-refractivity contribution < 1.29 is 57.0 Å². The molecular formula is C57H65NO12. The number of benzene rings is 5. The quantitative estimate of drug-likeness (QED) is 0.0464. The van der Waals surface area contributed by atoms with Crippen molar-refractivity contribution in [1.82, 2.24) is 4.90 Å². The van der Waals surface area contributed by atoms with E-state index < -0.39 is 55.0 Å². The van der Waals surface area contributed by atoms with E-state index in [-0.39, 0.29) is 64.9 Å². The maximum atomic E-state index is 13.4. The molecule has 1 saturated heterocycles. The molecule has 1 aliphatic carbocycles. The van der Waals surface area contributed by atoms with Gasteiger partial charge in [-0.25, -0.2) is 4.79 Å². The number of ether oxygens (including phenoxy) is 9. The lowest BCUT2D eigenvalue weighted by molar-refractivity contribution is -0.219. The first-order valence-electron chi connectivity index (χ1n) is 24.0. The summed E-state index contributed by atoms with van der Waals surface area (Å²) in [6, 6.07) is 45.5. The number of allylic oxidation sites excluding steroid dienone is 1. The number of Topliss-reactive ketones (excluding diaryl/α,β-unsaturated/α-hetero) is 1. The number of aryl methyl sites for hydroxylation is 1. The molecule has 1 fully saturated rings. The zero-order chi connectivity index (χ0) is 48.9. The first-order valence-corrected chi connectivity index (χ1v) is 24.0. The Hall–Kier alpha value is -6.03. The van der Waals surface area contributed by atoms with Crippen molar-refractivity contribution in [2.75, 3.05) is 33.9 Å². The Morgan fingerprint density at radius 3 is 1.76 bits per heavy atom. The summed E-state index contributed by atoms with van der Waals surface area (Å²) < 4.78 is 58.5. The molecule has 0 saturated carbocycles. The number of rotatable bonds is 27. The highest BCUT2D eigenvalue weighted by Gasteiger charge is 2.51. The van der Waals surface area contributed by atoms with E-state index in [1.54, 1.807) is 14.1 Å². The molecule has 5 aromatic rings. The number of esters is 1. The third-order valence-corrected chi connectivity index (χ3v) is 11.9. The Labute approximate surface area is 411 Å². The topological polar surface area (TPSA) is 138 Å². The maximum Gasteiger partial charge on any atom is 0.409 e. The van der Waals surface area contributed by atoms with Gasteiger partial charge in [-0.1, -0.05) is 152 Å². The number of amides is 1. The van der Waals surface area contributed by atoms with Crippen LogP contribution in [0.4, 0.5) is 4.79 Å². The van der Waals surface area contributed by atoms with Gasteiger partial charge in [-0.05, 0) is 58.7 Å². The van der Waals surface area contributed by atoms with Crippen molar-refractivity contribution in [3.05, 3.63) is 185 Å². The molecule has 0 bridgehead atoms. The van der Waals surface area contributed by atoms with Gasteiger partial charge in [0.1, 0.15) is 30.2 Å². The molecule has 0 aromatic heterocycles. The molecule has 7 atom stereocenters. The number of hydrogen-bond acceptors (Lipinski definition) is 12. The number of ketones is 1. The molecule has 7 unspecified atom stereocenters. The van der Waals surface area contributed by atoms with Gasteiger partial charge in [0.15, 0.2) is 18.5 Å². The highest BCUT2D eigenvalue weighted by atomic mass is 16.7. The first kappa shape index (κ1) is 51.8. The van der Waals surface area contributed by atoms with E-state index in [9.17, 15) is 14.4 Å². The second-order valence-electron chi connectivity index (χ2n) is 17.7. The lowest BCUT2D eigenvalue weighted by atomic mass is 9.96. The minimum Gasteiger partial charge on any atom is -0.455 e. The number of hydrogen-bond donors (Lipinski definition) is 0. The Kier molecular flexibility index (Phi) is 20.3. The van der Waals surface area contributed by atoms with E-state index in [0.29, 0.717) is 6.61 Å². The number of carbonyl (C=O) groups excluding carboxylic acids is 3. The average molecular weight is 956 g/mol. The van der Waals surface area contributed by atoms with Crippen LogP contribution in [0.15, 0.2) is 146 Å². The van der Waals surface area contributed by atoms with Crippen LogP contribution in [0, 0.1) is 0 Å². The second-order valence-corrected chi connectivity index (χ2v) is 17.7. The summed E-state index contributed by atoms with van der Waals surface area (Å²) in [5.74, 6) is -0.829. The summed E-state index contributed by atoms with van der Waals surface area (Å²) in [5, 5.41) is 0. The van der Waals surface area contributed by atoms with E-state index in [4.69, 9.17) is 42.6 Å². The standard InChI is InChI=1S/C57H65NO12/c1-41(59)28-31-52(60)69-54-51(39-62-33-42-18-8-4-9-19-42)68-56(55(54)70-57(61)58(2)3)67-40-50(65-36-44-22-12-6-13-23-44)53(66-37-45-24-14-7-15-25-45)49(64-35-43-20-10-5-11-21-43)38-63-34-46-29-30-47-26-16-17-27-48(47)32-46/h4-16,18-26,29-30,32,49-51,53-56H,17,27-28,31,33-40H2,1-3H3. The normalized spacial score (nSPS) is 18.6. The first-order chi connectivity index (χ1) is 34.2. The summed E-state index contributed by atoms with van der Waals surface area (Å²) in [6.07, 6.45) is -1.52. The van der Waals surface area contributed by atoms with Gasteiger partial charge in [-0.15, -0.1) is 0 Å². The van der Waals surface area contributed by atoms with Gasteiger partial charge in [0.25, 0.3) is 0 Å². The molecule has 2 aliphatic rings. The molecule has 70 heavy (non-hydrogen) atoms. The van der Waals surface area contributed by atoms with Gasteiger partial charge in [-0.3, -0.25) is 4.79 Å². The van der Waals surface area contributed by atoms with Gasteiger partial charge in [0, 0.05) is 20.5 Å². The molecule has 13 nitrogen and oxygen atoms in total.